The fourth-order valence-electron chi connectivity index (χ4n) is 2.32. The van der Waals surface area contributed by atoms with E-state index in [9.17, 15) is 4.39 Å². The highest BCUT2D eigenvalue weighted by atomic mass is 79.9. The van der Waals surface area contributed by atoms with Crippen molar-refractivity contribution in [2.45, 2.75) is 12.6 Å². The fraction of sp³-hybridized carbons (Fsp3) is 0.250. The second kappa shape index (κ2) is 7.36. The highest BCUT2D eigenvalue weighted by Crippen LogP contribution is 2.25. The van der Waals surface area contributed by atoms with Crippen LogP contribution in [-0.2, 0) is 6.54 Å². The van der Waals surface area contributed by atoms with Crippen LogP contribution >= 0.6 is 27.5 Å². The lowest BCUT2D eigenvalue weighted by Gasteiger charge is -2.27. The Labute approximate surface area is 137 Å². The molecule has 0 heterocycles. The average molecular weight is 372 g/mol. The largest absolute Gasteiger partial charge is 0.329 e. The van der Waals surface area contributed by atoms with Gasteiger partial charge in [-0.2, -0.15) is 0 Å². The summed E-state index contributed by atoms with van der Waals surface area (Å²) in [5, 5.41) is 0.127. The highest BCUT2D eigenvalue weighted by molar-refractivity contribution is 9.10. The molecule has 2 aromatic rings. The summed E-state index contributed by atoms with van der Waals surface area (Å²) in [5.74, 6) is -0.411. The van der Waals surface area contributed by atoms with E-state index in [1.54, 1.807) is 12.1 Å². The molecular formula is C16H17BrClFN2. The Bertz CT molecular complexity index is 621. The van der Waals surface area contributed by atoms with E-state index in [1.807, 2.05) is 19.2 Å². The van der Waals surface area contributed by atoms with Crippen molar-refractivity contribution in [3.8, 4) is 0 Å². The number of likely N-dealkylation sites (N-methyl/N-ethyl adjacent to an activating group) is 1. The molecule has 21 heavy (non-hydrogen) atoms. The first-order chi connectivity index (χ1) is 10.0. The minimum absolute atomic E-state index is 0.0120. The first-order valence-electron chi connectivity index (χ1n) is 6.61. The molecule has 1 unspecified atom stereocenters. The number of hydrogen-bond donors (Lipinski definition) is 1. The molecule has 0 saturated carbocycles. The first kappa shape index (κ1) is 16.4. The second-order valence-electron chi connectivity index (χ2n) is 4.97. The van der Waals surface area contributed by atoms with Crippen molar-refractivity contribution >= 4 is 27.5 Å². The van der Waals surface area contributed by atoms with Crippen LogP contribution in [0.2, 0.25) is 5.02 Å². The standard InChI is InChI=1S/C16H17BrClFN2/c1-21(10-11-3-2-4-13(17)7-11)16(9-20)12-5-6-15(19)14(18)8-12/h2-8,16H,9-10,20H2,1H3. The van der Waals surface area contributed by atoms with Crippen LogP contribution in [0.3, 0.4) is 0 Å². The fourth-order valence-corrected chi connectivity index (χ4v) is 2.96. The van der Waals surface area contributed by atoms with Gasteiger partial charge in [-0.1, -0.05) is 45.7 Å². The van der Waals surface area contributed by atoms with Crippen LogP contribution < -0.4 is 5.73 Å². The third-order valence-corrected chi connectivity index (χ3v) is 4.19. The predicted octanol–water partition coefficient (Wildman–Crippen LogP) is 4.37. The lowest BCUT2D eigenvalue weighted by atomic mass is 10.0. The summed E-state index contributed by atoms with van der Waals surface area (Å²) in [5.41, 5.74) is 7.99. The van der Waals surface area contributed by atoms with Gasteiger partial charge in [0.05, 0.1) is 5.02 Å². The number of nitrogens with two attached hydrogens (primary N) is 1. The number of halogens is 3. The summed E-state index contributed by atoms with van der Waals surface area (Å²) in [7, 11) is 2.00. The minimum Gasteiger partial charge on any atom is -0.329 e. The van der Waals surface area contributed by atoms with Crippen molar-refractivity contribution in [1.82, 2.24) is 4.90 Å². The molecule has 0 fully saturated rings. The molecule has 0 saturated heterocycles. The first-order valence-corrected chi connectivity index (χ1v) is 7.78. The zero-order valence-corrected chi connectivity index (χ0v) is 14.0. The summed E-state index contributed by atoms with van der Waals surface area (Å²) < 4.78 is 14.3. The highest BCUT2D eigenvalue weighted by Gasteiger charge is 2.17. The Kier molecular flexibility index (Phi) is 5.76. The van der Waals surface area contributed by atoms with E-state index in [-0.39, 0.29) is 11.1 Å². The molecule has 2 nitrogen and oxygen atoms in total. The van der Waals surface area contributed by atoms with Crippen LogP contribution in [0.4, 0.5) is 4.39 Å². The van der Waals surface area contributed by atoms with Gasteiger partial charge in [-0.15, -0.1) is 0 Å². The quantitative estimate of drug-likeness (QED) is 0.845. The Balaban J connectivity index is 2.18. The van der Waals surface area contributed by atoms with Crippen LogP contribution in [-0.4, -0.2) is 18.5 Å². The monoisotopic (exact) mass is 370 g/mol. The molecule has 1 atom stereocenters. The maximum absolute atomic E-state index is 13.3. The van der Waals surface area contributed by atoms with Crippen LogP contribution in [0.1, 0.15) is 17.2 Å². The van der Waals surface area contributed by atoms with Gasteiger partial charge in [-0.3, -0.25) is 4.90 Å². The zero-order chi connectivity index (χ0) is 15.4. The summed E-state index contributed by atoms with van der Waals surface area (Å²) in [6.07, 6.45) is 0. The Morgan fingerprint density at radius 1 is 1.29 bits per heavy atom. The summed E-state index contributed by atoms with van der Waals surface area (Å²) in [4.78, 5) is 2.13. The van der Waals surface area contributed by atoms with Gasteiger partial charge in [-0.05, 0) is 42.4 Å². The van der Waals surface area contributed by atoms with E-state index in [0.29, 0.717) is 6.54 Å². The van der Waals surface area contributed by atoms with Gasteiger partial charge < -0.3 is 5.73 Å². The second-order valence-corrected chi connectivity index (χ2v) is 6.29. The van der Waals surface area contributed by atoms with Crippen LogP contribution in [0.5, 0.6) is 0 Å². The van der Waals surface area contributed by atoms with E-state index >= 15 is 0 Å². The summed E-state index contributed by atoms with van der Waals surface area (Å²) >= 11 is 9.33. The van der Waals surface area contributed by atoms with Crippen LogP contribution in [0.25, 0.3) is 0 Å². The van der Waals surface area contributed by atoms with Crippen LogP contribution in [0.15, 0.2) is 46.9 Å². The molecule has 0 spiro atoms. The molecular weight excluding hydrogens is 355 g/mol. The van der Waals surface area contributed by atoms with Crippen molar-refractivity contribution in [3.63, 3.8) is 0 Å². The normalized spacial score (nSPS) is 12.7. The summed E-state index contributed by atoms with van der Waals surface area (Å²) in [6, 6.07) is 12.9. The molecule has 0 amide bonds. The Hall–Kier alpha value is -0.940. The van der Waals surface area contributed by atoms with Crippen molar-refractivity contribution < 1.29 is 4.39 Å². The van der Waals surface area contributed by atoms with E-state index < -0.39 is 5.82 Å². The van der Waals surface area contributed by atoms with Crippen molar-refractivity contribution in [3.05, 3.63) is 68.9 Å². The van der Waals surface area contributed by atoms with Gasteiger partial charge in [0.2, 0.25) is 0 Å². The molecule has 0 aliphatic carbocycles. The van der Waals surface area contributed by atoms with E-state index in [2.05, 4.69) is 33.0 Å². The number of rotatable bonds is 5. The Morgan fingerprint density at radius 3 is 2.67 bits per heavy atom. The van der Waals surface area contributed by atoms with Crippen LogP contribution in [0, 0.1) is 5.82 Å². The average Bonchev–Trinajstić information content (AvgIpc) is 2.43. The van der Waals surface area contributed by atoms with E-state index in [1.165, 1.54) is 11.6 Å². The molecule has 0 aromatic heterocycles. The van der Waals surface area contributed by atoms with Gasteiger partial charge in [0.15, 0.2) is 0 Å². The zero-order valence-electron chi connectivity index (χ0n) is 11.7. The Morgan fingerprint density at radius 2 is 2.05 bits per heavy atom. The molecule has 0 aliphatic heterocycles. The SMILES string of the molecule is CN(Cc1cccc(Br)c1)C(CN)c1ccc(F)c(Cl)c1. The molecule has 0 radical (unpaired) electrons. The molecule has 2 rings (SSSR count). The molecule has 0 aliphatic rings. The predicted molar refractivity (Wildman–Crippen MR) is 88.8 cm³/mol. The van der Waals surface area contributed by atoms with Crippen molar-refractivity contribution in [2.75, 3.05) is 13.6 Å². The van der Waals surface area contributed by atoms with E-state index in [4.69, 9.17) is 17.3 Å². The number of nitrogens with zero attached hydrogens (tertiary/aromatic N) is 1. The van der Waals surface area contributed by atoms with Crippen molar-refractivity contribution in [2.24, 2.45) is 5.73 Å². The number of benzene rings is 2. The van der Waals surface area contributed by atoms with E-state index in [0.717, 1.165) is 16.6 Å². The third-order valence-electron chi connectivity index (χ3n) is 3.40. The van der Waals surface area contributed by atoms with Crippen molar-refractivity contribution in [1.29, 1.82) is 0 Å². The molecule has 2 N–H and O–H groups in total. The maximum atomic E-state index is 13.3. The topological polar surface area (TPSA) is 29.3 Å². The lowest BCUT2D eigenvalue weighted by Crippen LogP contribution is -2.30. The maximum Gasteiger partial charge on any atom is 0.141 e. The molecule has 112 valence electrons. The van der Waals surface area contributed by atoms with Gasteiger partial charge >= 0.3 is 0 Å². The lowest BCUT2D eigenvalue weighted by molar-refractivity contribution is 0.241. The number of hydrogen-bond acceptors (Lipinski definition) is 2. The smallest absolute Gasteiger partial charge is 0.141 e. The van der Waals surface area contributed by atoms with Gasteiger partial charge in [0.25, 0.3) is 0 Å². The van der Waals surface area contributed by atoms with Gasteiger partial charge in [0, 0.05) is 23.6 Å². The van der Waals surface area contributed by atoms with Gasteiger partial charge in [-0.25, -0.2) is 4.39 Å². The third kappa shape index (κ3) is 4.27. The molecule has 2 aromatic carbocycles. The molecule has 0 bridgehead atoms. The summed E-state index contributed by atoms with van der Waals surface area (Å²) in [6.45, 7) is 1.18. The minimum atomic E-state index is -0.411. The van der Waals surface area contributed by atoms with Gasteiger partial charge in [0.1, 0.15) is 5.82 Å². The molecule has 5 heteroatoms.